The Bertz CT molecular complexity index is 259. The molecule has 0 aromatic carbocycles. The Kier molecular flexibility index (Phi) is 3.29. The molecular weight excluding hydrogens is 178 g/mol. The van der Waals surface area contributed by atoms with Gasteiger partial charge >= 0.3 is 0 Å². The summed E-state index contributed by atoms with van der Waals surface area (Å²) in [5.41, 5.74) is 0. The van der Waals surface area contributed by atoms with Crippen LogP contribution in [0, 0.1) is 5.92 Å². The van der Waals surface area contributed by atoms with E-state index in [1.54, 1.807) is 18.6 Å². The molecular formula is C10H15N3O. The Labute approximate surface area is 83.7 Å². The molecule has 0 aliphatic carbocycles. The van der Waals surface area contributed by atoms with Crippen LogP contribution < -0.4 is 10.1 Å². The molecule has 1 aromatic rings. The molecule has 2 rings (SSSR count). The van der Waals surface area contributed by atoms with E-state index in [1.165, 1.54) is 12.8 Å². The van der Waals surface area contributed by atoms with Crippen LogP contribution in [0.25, 0.3) is 0 Å². The Morgan fingerprint density at radius 2 is 2.21 bits per heavy atom. The fourth-order valence-electron chi connectivity index (χ4n) is 1.61. The van der Waals surface area contributed by atoms with Crippen molar-refractivity contribution in [1.82, 2.24) is 15.3 Å². The maximum Gasteiger partial charge on any atom is 0.232 e. The maximum atomic E-state index is 5.54. The minimum absolute atomic E-state index is 0.631. The number of hydrogen-bond donors (Lipinski definition) is 1. The minimum atomic E-state index is 0.631. The third kappa shape index (κ3) is 2.67. The molecule has 1 N–H and O–H groups in total. The quantitative estimate of drug-likeness (QED) is 0.773. The Morgan fingerprint density at radius 1 is 1.36 bits per heavy atom. The third-order valence-corrected chi connectivity index (χ3v) is 2.47. The highest BCUT2D eigenvalue weighted by Gasteiger charge is 2.13. The molecule has 1 saturated heterocycles. The van der Waals surface area contributed by atoms with Crippen molar-refractivity contribution < 1.29 is 4.74 Å². The van der Waals surface area contributed by atoms with Crippen molar-refractivity contribution in [3.63, 3.8) is 0 Å². The maximum absolute atomic E-state index is 5.54. The summed E-state index contributed by atoms with van der Waals surface area (Å²) >= 11 is 0. The zero-order valence-electron chi connectivity index (χ0n) is 8.15. The lowest BCUT2D eigenvalue weighted by Gasteiger charge is -2.22. The van der Waals surface area contributed by atoms with Crippen LogP contribution in [0.4, 0.5) is 0 Å². The van der Waals surface area contributed by atoms with Crippen molar-refractivity contribution >= 4 is 0 Å². The largest absolute Gasteiger partial charge is 0.476 e. The molecule has 0 atom stereocenters. The van der Waals surface area contributed by atoms with Crippen molar-refractivity contribution in [3.05, 3.63) is 18.6 Å². The van der Waals surface area contributed by atoms with Crippen molar-refractivity contribution in [3.8, 4) is 5.88 Å². The fourth-order valence-corrected chi connectivity index (χ4v) is 1.61. The first kappa shape index (κ1) is 9.40. The van der Waals surface area contributed by atoms with E-state index >= 15 is 0 Å². The van der Waals surface area contributed by atoms with E-state index in [1.807, 2.05) is 0 Å². The summed E-state index contributed by atoms with van der Waals surface area (Å²) in [6, 6.07) is 0. The summed E-state index contributed by atoms with van der Waals surface area (Å²) in [4.78, 5) is 8.01. The smallest absolute Gasteiger partial charge is 0.232 e. The van der Waals surface area contributed by atoms with E-state index in [9.17, 15) is 0 Å². The molecule has 2 heterocycles. The van der Waals surface area contributed by atoms with Gasteiger partial charge in [0.15, 0.2) is 0 Å². The van der Waals surface area contributed by atoms with Gasteiger partial charge in [-0.1, -0.05) is 0 Å². The van der Waals surface area contributed by atoms with Crippen LogP contribution in [0.5, 0.6) is 5.88 Å². The molecule has 14 heavy (non-hydrogen) atoms. The first-order valence-corrected chi connectivity index (χ1v) is 5.04. The second-order valence-corrected chi connectivity index (χ2v) is 3.55. The Morgan fingerprint density at radius 3 is 2.93 bits per heavy atom. The highest BCUT2D eigenvalue weighted by Crippen LogP contribution is 2.13. The monoisotopic (exact) mass is 193 g/mol. The predicted molar refractivity (Wildman–Crippen MR) is 53.1 cm³/mol. The molecule has 0 saturated carbocycles. The van der Waals surface area contributed by atoms with E-state index in [2.05, 4.69) is 15.3 Å². The molecule has 4 nitrogen and oxygen atoms in total. The van der Waals surface area contributed by atoms with E-state index in [-0.39, 0.29) is 0 Å². The number of nitrogens with zero attached hydrogens (tertiary/aromatic N) is 2. The van der Waals surface area contributed by atoms with Gasteiger partial charge in [-0.25, -0.2) is 4.98 Å². The molecule has 76 valence electrons. The van der Waals surface area contributed by atoms with Crippen molar-refractivity contribution in [2.45, 2.75) is 12.8 Å². The number of aromatic nitrogens is 2. The van der Waals surface area contributed by atoms with Crippen LogP contribution >= 0.6 is 0 Å². The molecule has 0 unspecified atom stereocenters. The zero-order chi connectivity index (χ0) is 9.64. The zero-order valence-corrected chi connectivity index (χ0v) is 8.15. The Hall–Kier alpha value is -1.16. The first-order valence-electron chi connectivity index (χ1n) is 5.04. The number of nitrogens with one attached hydrogen (secondary N) is 1. The third-order valence-electron chi connectivity index (χ3n) is 2.47. The van der Waals surface area contributed by atoms with Crippen molar-refractivity contribution in [1.29, 1.82) is 0 Å². The van der Waals surface area contributed by atoms with E-state index in [0.29, 0.717) is 11.8 Å². The van der Waals surface area contributed by atoms with Crippen molar-refractivity contribution in [2.75, 3.05) is 19.7 Å². The van der Waals surface area contributed by atoms with Crippen LogP contribution in [0.2, 0.25) is 0 Å². The number of ether oxygens (including phenoxy) is 1. The van der Waals surface area contributed by atoms with Gasteiger partial charge in [-0.15, -0.1) is 0 Å². The van der Waals surface area contributed by atoms with Crippen LogP contribution in [0.15, 0.2) is 18.6 Å². The highest BCUT2D eigenvalue weighted by atomic mass is 16.5. The summed E-state index contributed by atoms with van der Waals surface area (Å²) in [6.45, 7) is 2.98. The number of hydrogen-bond acceptors (Lipinski definition) is 4. The molecule has 0 radical (unpaired) electrons. The molecule has 1 aromatic heterocycles. The van der Waals surface area contributed by atoms with Gasteiger partial charge in [0.2, 0.25) is 5.88 Å². The molecule has 1 aliphatic rings. The lowest BCUT2D eigenvalue weighted by Crippen LogP contribution is -2.30. The first-order chi connectivity index (χ1) is 6.95. The average molecular weight is 193 g/mol. The van der Waals surface area contributed by atoms with Crippen molar-refractivity contribution in [2.24, 2.45) is 5.92 Å². The summed E-state index contributed by atoms with van der Waals surface area (Å²) in [7, 11) is 0. The standard InChI is InChI=1S/C10H15N3O/c1-3-11-4-2-9(1)8-14-10-7-12-5-6-13-10/h5-7,9,11H,1-4,8H2. The van der Waals surface area contributed by atoms with Gasteiger partial charge in [0.25, 0.3) is 0 Å². The van der Waals surface area contributed by atoms with Gasteiger partial charge in [-0.2, -0.15) is 0 Å². The van der Waals surface area contributed by atoms with E-state index in [0.717, 1.165) is 19.7 Å². The summed E-state index contributed by atoms with van der Waals surface area (Å²) in [5.74, 6) is 1.30. The molecule has 1 aliphatic heterocycles. The summed E-state index contributed by atoms with van der Waals surface area (Å²) in [5, 5.41) is 3.33. The van der Waals surface area contributed by atoms with Crippen LogP contribution in [-0.4, -0.2) is 29.7 Å². The van der Waals surface area contributed by atoms with Gasteiger partial charge < -0.3 is 10.1 Å². The Balaban J connectivity index is 1.76. The molecule has 0 bridgehead atoms. The molecule has 0 amide bonds. The van der Waals surface area contributed by atoms with Gasteiger partial charge in [0.1, 0.15) is 0 Å². The highest BCUT2D eigenvalue weighted by molar-refractivity contribution is 5.01. The van der Waals surface area contributed by atoms with Gasteiger partial charge in [0, 0.05) is 12.4 Å². The summed E-state index contributed by atoms with van der Waals surface area (Å²) in [6.07, 6.45) is 7.34. The number of rotatable bonds is 3. The lowest BCUT2D eigenvalue weighted by atomic mass is 9.99. The second-order valence-electron chi connectivity index (χ2n) is 3.55. The van der Waals surface area contributed by atoms with E-state index in [4.69, 9.17) is 4.74 Å². The topological polar surface area (TPSA) is 47.0 Å². The average Bonchev–Trinajstić information content (AvgIpc) is 2.29. The van der Waals surface area contributed by atoms with E-state index < -0.39 is 0 Å². The second kappa shape index (κ2) is 4.91. The van der Waals surface area contributed by atoms with Crippen LogP contribution in [0.3, 0.4) is 0 Å². The lowest BCUT2D eigenvalue weighted by molar-refractivity contribution is 0.208. The van der Waals surface area contributed by atoms with Crippen LogP contribution in [0.1, 0.15) is 12.8 Å². The molecule has 4 heteroatoms. The molecule has 1 fully saturated rings. The SMILES string of the molecule is c1cnc(OCC2CCNCC2)cn1. The van der Waals surface area contributed by atoms with Crippen LogP contribution in [-0.2, 0) is 0 Å². The fraction of sp³-hybridized carbons (Fsp3) is 0.600. The number of piperidine rings is 1. The van der Waals surface area contributed by atoms with Gasteiger partial charge in [0.05, 0.1) is 12.8 Å². The normalized spacial score (nSPS) is 18.0. The predicted octanol–water partition coefficient (Wildman–Crippen LogP) is 0.855. The molecule has 0 spiro atoms. The summed E-state index contributed by atoms with van der Waals surface area (Å²) < 4.78 is 5.54. The van der Waals surface area contributed by atoms with Gasteiger partial charge in [-0.3, -0.25) is 4.98 Å². The van der Waals surface area contributed by atoms with Gasteiger partial charge in [-0.05, 0) is 31.8 Å². The minimum Gasteiger partial charge on any atom is -0.476 e.